The summed E-state index contributed by atoms with van der Waals surface area (Å²) in [5, 5.41) is 5.45. The Morgan fingerprint density at radius 1 is 0.867 bits per heavy atom. The van der Waals surface area contributed by atoms with Gasteiger partial charge in [-0.15, -0.1) is 0 Å². The Labute approximate surface area is 179 Å². The molecule has 1 aromatic rings. The molecule has 0 saturated heterocycles. The minimum Gasteiger partial charge on any atom is -0.442 e. The SMILES string of the molecule is COCC(=O)[C@H](CC(C)C)NC(=O)[C@H](CC(C)C)NC(=O)O[C@H](C)c1ccccc1. The van der Waals surface area contributed by atoms with Gasteiger partial charge in [0.25, 0.3) is 0 Å². The third-order valence-corrected chi connectivity index (χ3v) is 4.57. The summed E-state index contributed by atoms with van der Waals surface area (Å²) in [4.78, 5) is 37.7. The van der Waals surface area contributed by atoms with Gasteiger partial charge < -0.3 is 20.1 Å². The quantitative estimate of drug-likeness (QED) is 0.538. The van der Waals surface area contributed by atoms with Crippen molar-refractivity contribution >= 4 is 17.8 Å². The zero-order valence-electron chi connectivity index (χ0n) is 18.9. The van der Waals surface area contributed by atoms with E-state index in [2.05, 4.69) is 10.6 Å². The Hall–Kier alpha value is -2.41. The van der Waals surface area contributed by atoms with E-state index in [1.54, 1.807) is 6.92 Å². The predicted octanol–water partition coefficient (Wildman–Crippen LogP) is 3.63. The number of Topliss-reactive ketones (excluding diaryl/α,β-unsaturated/α-hetero) is 1. The van der Waals surface area contributed by atoms with Crippen molar-refractivity contribution in [3.63, 3.8) is 0 Å². The van der Waals surface area contributed by atoms with Crippen LogP contribution in [0, 0.1) is 11.8 Å². The van der Waals surface area contributed by atoms with E-state index in [1.165, 1.54) is 7.11 Å². The molecular formula is C23H36N2O5. The lowest BCUT2D eigenvalue weighted by Crippen LogP contribution is -2.53. The summed E-state index contributed by atoms with van der Waals surface area (Å²) in [6.07, 6.45) is -0.201. The zero-order valence-corrected chi connectivity index (χ0v) is 18.9. The lowest BCUT2D eigenvalue weighted by molar-refractivity contribution is -0.131. The monoisotopic (exact) mass is 420 g/mol. The maximum atomic E-state index is 12.9. The van der Waals surface area contributed by atoms with Gasteiger partial charge in [-0.2, -0.15) is 0 Å². The van der Waals surface area contributed by atoms with Gasteiger partial charge in [0.2, 0.25) is 5.91 Å². The van der Waals surface area contributed by atoms with E-state index < -0.39 is 30.2 Å². The van der Waals surface area contributed by atoms with Crippen LogP contribution in [-0.4, -0.2) is 43.6 Å². The Balaban J connectivity index is 2.81. The van der Waals surface area contributed by atoms with Crippen LogP contribution in [0.2, 0.25) is 0 Å². The van der Waals surface area contributed by atoms with E-state index in [9.17, 15) is 14.4 Å². The van der Waals surface area contributed by atoms with Crippen molar-refractivity contribution in [1.82, 2.24) is 10.6 Å². The second-order valence-electron chi connectivity index (χ2n) is 8.37. The molecule has 7 nitrogen and oxygen atoms in total. The van der Waals surface area contributed by atoms with Gasteiger partial charge in [0.05, 0.1) is 6.04 Å². The molecule has 30 heavy (non-hydrogen) atoms. The number of ketones is 1. The summed E-state index contributed by atoms with van der Waals surface area (Å²) in [6.45, 7) is 9.57. The fourth-order valence-corrected chi connectivity index (χ4v) is 3.09. The molecule has 0 saturated carbocycles. The molecule has 1 aromatic carbocycles. The van der Waals surface area contributed by atoms with Crippen molar-refractivity contribution in [3.05, 3.63) is 35.9 Å². The average Bonchev–Trinajstić information content (AvgIpc) is 2.67. The number of carbonyl (C=O) groups excluding carboxylic acids is 3. The van der Waals surface area contributed by atoms with Crippen molar-refractivity contribution in [1.29, 1.82) is 0 Å². The number of nitrogens with one attached hydrogen (secondary N) is 2. The molecule has 1 rings (SSSR count). The summed E-state index contributed by atoms with van der Waals surface area (Å²) >= 11 is 0. The summed E-state index contributed by atoms with van der Waals surface area (Å²) in [5.41, 5.74) is 0.861. The number of amides is 2. The molecule has 168 valence electrons. The van der Waals surface area contributed by atoms with Crippen molar-refractivity contribution in [2.24, 2.45) is 11.8 Å². The van der Waals surface area contributed by atoms with Gasteiger partial charge in [0, 0.05) is 7.11 Å². The molecule has 0 spiro atoms. The van der Waals surface area contributed by atoms with E-state index in [-0.39, 0.29) is 24.2 Å². The number of hydrogen-bond acceptors (Lipinski definition) is 5. The van der Waals surface area contributed by atoms with Gasteiger partial charge in [0.15, 0.2) is 5.78 Å². The van der Waals surface area contributed by atoms with Crippen LogP contribution in [0.15, 0.2) is 30.3 Å². The first-order valence-corrected chi connectivity index (χ1v) is 10.5. The fraction of sp³-hybridized carbons (Fsp3) is 0.609. The Bertz CT molecular complexity index is 675. The van der Waals surface area contributed by atoms with E-state index >= 15 is 0 Å². The van der Waals surface area contributed by atoms with E-state index in [0.717, 1.165) is 5.56 Å². The lowest BCUT2D eigenvalue weighted by Gasteiger charge is -2.25. The molecule has 2 N–H and O–H groups in total. The first-order valence-electron chi connectivity index (χ1n) is 10.5. The third kappa shape index (κ3) is 9.39. The second-order valence-corrected chi connectivity index (χ2v) is 8.37. The van der Waals surface area contributed by atoms with Crippen LogP contribution in [0.25, 0.3) is 0 Å². The van der Waals surface area contributed by atoms with Crippen LogP contribution in [-0.2, 0) is 19.1 Å². The van der Waals surface area contributed by atoms with Crippen LogP contribution < -0.4 is 10.6 Å². The third-order valence-electron chi connectivity index (χ3n) is 4.57. The molecule has 7 heteroatoms. The summed E-state index contributed by atoms with van der Waals surface area (Å²) in [6, 6.07) is 7.90. The highest BCUT2D eigenvalue weighted by molar-refractivity contribution is 5.92. The van der Waals surface area contributed by atoms with Gasteiger partial charge >= 0.3 is 6.09 Å². The van der Waals surface area contributed by atoms with Crippen molar-refractivity contribution in [2.45, 2.75) is 65.6 Å². The Morgan fingerprint density at radius 2 is 1.43 bits per heavy atom. The van der Waals surface area contributed by atoms with Crippen LogP contribution in [0.5, 0.6) is 0 Å². The minimum absolute atomic E-state index is 0.0728. The number of benzene rings is 1. The molecular weight excluding hydrogens is 384 g/mol. The molecule has 0 aliphatic rings. The molecule has 0 aromatic heterocycles. The topological polar surface area (TPSA) is 93.7 Å². The van der Waals surface area contributed by atoms with Crippen molar-refractivity contribution in [2.75, 3.05) is 13.7 Å². The van der Waals surface area contributed by atoms with Crippen LogP contribution in [0.1, 0.15) is 59.1 Å². The molecule has 0 bridgehead atoms. The normalized spacial score (nSPS) is 14.1. The van der Waals surface area contributed by atoms with Gasteiger partial charge in [-0.25, -0.2) is 4.79 Å². The first-order chi connectivity index (χ1) is 14.1. The summed E-state index contributed by atoms with van der Waals surface area (Å²) in [7, 11) is 1.44. The number of alkyl carbamates (subject to hydrolysis) is 1. The maximum Gasteiger partial charge on any atom is 0.408 e. The first kappa shape index (κ1) is 25.6. The minimum atomic E-state index is -0.800. The van der Waals surface area contributed by atoms with Crippen LogP contribution in [0.3, 0.4) is 0 Å². The Morgan fingerprint density at radius 3 is 1.97 bits per heavy atom. The number of methoxy groups -OCH3 is 1. The largest absolute Gasteiger partial charge is 0.442 e. The number of rotatable bonds is 12. The van der Waals surface area contributed by atoms with E-state index in [0.29, 0.717) is 12.8 Å². The maximum absolute atomic E-state index is 12.9. The number of hydrogen-bond donors (Lipinski definition) is 2. The van der Waals surface area contributed by atoms with Gasteiger partial charge in [-0.3, -0.25) is 9.59 Å². The van der Waals surface area contributed by atoms with Crippen LogP contribution in [0.4, 0.5) is 4.79 Å². The van der Waals surface area contributed by atoms with E-state index in [4.69, 9.17) is 9.47 Å². The molecule has 0 heterocycles. The molecule has 0 radical (unpaired) electrons. The van der Waals surface area contributed by atoms with Gasteiger partial charge in [-0.05, 0) is 37.2 Å². The number of ether oxygens (including phenoxy) is 2. The predicted molar refractivity (Wildman–Crippen MR) is 116 cm³/mol. The van der Waals surface area contributed by atoms with Crippen molar-refractivity contribution in [3.8, 4) is 0 Å². The molecule has 0 fully saturated rings. The van der Waals surface area contributed by atoms with Crippen LogP contribution >= 0.6 is 0 Å². The highest BCUT2D eigenvalue weighted by Crippen LogP contribution is 2.16. The fourth-order valence-electron chi connectivity index (χ4n) is 3.09. The van der Waals surface area contributed by atoms with Crippen molar-refractivity contribution < 1.29 is 23.9 Å². The molecule has 0 aliphatic carbocycles. The van der Waals surface area contributed by atoms with Gasteiger partial charge in [-0.1, -0.05) is 58.0 Å². The standard InChI is InChI=1S/C23H36N2O5/c1-15(2)12-19(21(26)14-29-6)24-22(27)20(13-16(3)4)25-23(28)30-17(5)18-10-8-7-9-11-18/h7-11,15-17,19-20H,12-14H2,1-6H3,(H,24,27)(H,25,28)/t17-,19+,20+/m1/s1. The molecule has 3 atom stereocenters. The summed E-state index contributed by atoms with van der Waals surface area (Å²) < 4.78 is 10.4. The average molecular weight is 421 g/mol. The molecule has 0 unspecified atom stereocenters. The Kier molecular flexibility index (Phi) is 11.1. The van der Waals surface area contributed by atoms with Gasteiger partial charge in [0.1, 0.15) is 18.8 Å². The van der Waals surface area contributed by atoms with E-state index in [1.807, 2.05) is 58.0 Å². The summed E-state index contributed by atoms with van der Waals surface area (Å²) in [5.74, 6) is -0.221. The smallest absolute Gasteiger partial charge is 0.408 e. The zero-order chi connectivity index (χ0) is 22.7. The highest BCUT2D eigenvalue weighted by Gasteiger charge is 2.28. The molecule has 0 aliphatic heterocycles. The number of carbonyl (C=O) groups is 3. The second kappa shape index (κ2) is 13.0. The lowest BCUT2D eigenvalue weighted by atomic mass is 9.98. The highest BCUT2D eigenvalue weighted by atomic mass is 16.6. The molecule has 2 amide bonds.